The van der Waals surface area contributed by atoms with Gasteiger partial charge in [-0.3, -0.25) is 4.79 Å². The quantitative estimate of drug-likeness (QED) is 0.567. The van der Waals surface area contributed by atoms with Crippen LogP contribution in [0.5, 0.6) is 5.75 Å². The van der Waals surface area contributed by atoms with E-state index < -0.39 is 0 Å². The fourth-order valence-electron chi connectivity index (χ4n) is 3.57. The lowest BCUT2D eigenvalue weighted by atomic mass is 9.99. The highest BCUT2D eigenvalue weighted by Gasteiger charge is 2.13. The molecule has 0 saturated carbocycles. The number of carbonyl (C=O) groups excluding carboxylic acids is 1. The van der Waals surface area contributed by atoms with Crippen LogP contribution in [0.4, 0.5) is 5.69 Å². The maximum atomic E-state index is 12.9. The molecule has 5 nitrogen and oxygen atoms in total. The molecule has 1 saturated heterocycles. The van der Waals surface area contributed by atoms with E-state index in [0.29, 0.717) is 18.2 Å². The van der Waals surface area contributed by atoms with Crippen LogP contribution in [0.15, 0.2) is 78.9 Å². The number of hydrogen-bond donors (Lipinski definition) is 3. The van der Waals surface area contributed by atoms with Crippen LogP contribution in [-0.2, 0) is 6.42 Å². The number of carbonyl (C=O) groups is 1. The molecule has 154 valence electrons. The van der Waals surface area contributed by atoms with Crippen LogP contribution in [0.2, 0.25) is 0 Å². The van der Waals surface area contributed by atoms with Crippen molar-refractivity contribution in [1.82, 2.24) is 10.6 Å². The molecular weight excluding hydrogens is 374 g/mol. The zero-order chi connectivity index (χ0) is 20.6. The Balaban J connectivity index is 1.37. The molecule has 1 fully saturated rings. The predicted molar refractivity (Wildman–Crippen MR) is 120 cm³/mol. The zero-order valence-corrected chi connectivity index (χ0v) is 16.9. The summed E-state index contributed by atoms with van der Waals surface area (Å²) in [7, 11) is 0. The molecule has 5 heteroatoms. The van der Waals surface area contributed by atoms with Crippen molar-refractivity contribution in [3.05, 3.63) is 95.6 Å². The molecule has 1 unspecified atom stereocenters. The summed E-state index contributed by atoms with van der Waals surface area (Å²) >= 11 is 0. The fourth-order valence-corrected chi connectivity index (χ4v) is 3.57. The molecule has 4 rings (SSSR count). The van der Waals surface area contributed by atoms with Crippen LogP contribution >= 0.6 is 0 Å². The third-order valence-corrected chi connectivity index (χ3v) is 5.19. The normalized spacial score (nSPS) is 16.1. The lowest BCUT2D eigenvalue weighted by Crippen LogP contribution is -2.50. The first kappa shape index (κ1) is 20.1. The Morgan fingerprint density at radius 3 is 2.47 bits per heavy atom. The second-order valence-corrected chi connectivity index (χ2v) is 7.46. The molecule has 3 aromatic carbocycles. The van der Waals surface area contributed by atoms with Gasteiger partial charge in [0.1, 0.15) is 12.4 Å². The number of benzene rings is 3. The highest BCUT2D eigenvalue weighted by atomic mass is 16.5. The van der Waals surface area contributed by atoms with Gasteiger partial charge in [0.05, 0.1) is 6.04 Å². The Morgan fingerprint density at radius 1 is 0.933 bits per heavy atom. The molecule has 0 radical (unpaired) electrons. The van der Waals surface area contributed by atoms with Crippen molar-refractivity contribution in [2.45, 2.75) is 12.5 Å². The molecule has 0 aromatic heterocycles. The summed E-state index contributed by atoms with van der Waals surface area (Å²) in [6.07, 6.45) is 0.723. The fraction of sp³-hybridized carbons (Fsp3) is 0.240. The smallest absolute Gasteiger partial charge is 0.255 e. The Kier molecular flexibility index (Phi) is 6.75. The molecular formula is C25H27N3O2. The Morgan fingerprint density at radius 2 is 1.70 bits per heavy atom. The number of amides is 1. The van der Waals surface area contributed by atoms with E-state index in [-0.39, 0.29) is 5.91 Å². The topological polar surface area (TPSA) is 62.4 Å². The third kappa shape index (κ3) is 5.47. The first-order chi connectivity index (χ1) is 14.8. The second kappa shape index (κ2) is 10.1. The molecule has 30 heavy (non-hydrogen) atoms. The van der Waals surface area contributed by atoms with E-state index in [1.165, 1.54) is 5.56 Å². The van der Waals surface area contributed by atoms with Crippen molar-refractivity contribution in [2.24, 2.45) is 0 Å². The lowest BCUT2D eigenvalue weighted by molar-refractivity contribution is 0.102. The summed E-state index contributed by atoms with van der Waals surface area (Å²) in [6, 6.07) is 25.8. The van der Waals surface area contributed by atoms with E-state index in [2.05, 4.69) is 28.1 Å². The van der Waals surface area contributed by atoms with Gasteiger partial charge in [-0.1, -0.05) is 48.5 Å². The minimum absolute atomic E-state index is 0.104. The molecule has 0 spiro atoms. The highest BCUT2D eigenvalue weighted by Crippen LogP contribution is 2.19. The first-order valence-electron chi connectivity index (χ1n) is 10.4. The van der Waals surface area contributed by atoms with Crippen molar-refractivity contribution in [3.8, 4) is 5.75 Å². The minimum Gasteiger partial charge on any atom is -0.492 e. The molecule has 1 atom stereocenters. The van der Waals surface area contributed by atoms with E-state index in [4.69, 9.17) is 4.74 Å². The van der Waals surface area contributed by atoms with Gasteiger partial charge < -0.3 is 20.7 Å². The second-order valence-electron chi connectivity index (χ2n) is 7.46. The summed E-state index contributed by atoms with van der Waals surface area (Å²) in [5.41, 5.74) is 3.63. The van der Waals surface area contributed by atoms with Crippen molar-refractivity contribution < 1.29 is 9.53 Å². The monoisotopic (exact) mass is 401 g/mol. The van der Waals surface area contributed by atoms with Crippen LogP contribution in [0.25, 0.3) is 0 Å². The summed E-state index contributed by atoms with van der Waals surface area (Å²) in [5.74, 6) is 0.692. The largest absolute Gasteiger partial charge is 0.492 e. The molecule has 3 aromatic rings. The standard InChI is InChI=1S/C25H27N3O2/c29-25(24-9-5-4-8-20(24)16-19-6-2-1-3-7-19)28-21-10-12-23(13-11-21)30-18-22-17-26-14-15-27-22/h1-13,22,26-27H,14-18H2,(H,28,29). The maximum Gasteiger partial charge on any atom is 0.255 e. The Hall–Kier alpha value is -3.15. The molecule has 1 aliphatic heterocycles. The highest BCUT2D eigenvalue weighted by molar-refractivity contribution is 6.05. The lowest BCUT2D eigenvalue weighted by Gasteiger charge is -2.24. The van der Waals surface area contributed by atoms with Crippen LogP contribution in [0, 0.1) is 0 Å². The van der Waals surface area contributed by atoms with Gasteiger partial charge in [-0.2, -0.15) is 0 Å². The molecule has 1 heterocycles. The van der Waals surface area contributed by atoms with Crippen LogP contribution < -0.4 is 20.7 Å². The average molecular weight is 402 g/mol. The molecule has 0 aliphatic carbocycles. The SMILES string of the molecule is O=C(Nc1ccc(OCC2CNCCN2)cc1)c1ccccc1Cc1ccccc1. The number of piperazine rings is 1. The maximum absolute atomic E-state index is 12.9. The van der Waals surface area contributed by atoms with Crippen LogP contribution in [0.1, 0.15) is 21.5 Å². The van der Waals surface area contributed by atoms with E-state index >= 15 is 0 Å². The van der Waals surface area contributed by atoms with Crippen LogP contribution in [0.3, 0.4) is 0 Å². The summed E-state index contributed by atoms with van der Waals surface area (Å²) < 4.78 is 5.86. The van der Waals surface area contributed by atoms with Gasteiger partial charge in [0.15, 0.2) is 0 Å². The van der Waals surface area contributed by atoms with Gasteiger partial charge in [0.25, 0.3) is 5.91 Å². The van der Waals surface area contributed by atoms with Crippen molar-refractivity contribution >= 4 is 11.6 Å². The van der Waals surface area contributed by atoms with Gasteiger partial charge in [-0.25, -0.2) is 0 Å². The van der Waals surface area contributed by atoms with Crippen molar-refractivity contribution in [2.75, 3.05) is 31.6 Å². The van der Waals surface area contributed by atoms with Crippen LogP contribution in [-0.4, -0.2) is 38.2 Å². The van der Waals surface area contributed by atoms with Gasteiger partial charge in [0.2, 0.25) is 0 Å². The van der Waals surface area contributed by atoms with E-state index in [0.717, 1.165) is 43.1 Å². The summed E-state index contributed by atoms with van der Waals surface area (Å²) in [4.78, 5) is 12.9. The molecule has 3 N–H and O–H groups in total. The summed E-state index contributed by atoms with van der Waals surface area (Å²) in [6.45, 7) is 3.49. The molecule has 1 aliphatic rings. The Labute approximate surface area is 177 Å². The molecule has 1 amide bonds. The number of hydrogen-bond acceptors (Lipinski definition) is 4. The van der Waals surface area contributed by atoms with Gasteiger partial charge >= 0.3 is 0 Å². The number of ether oxygens (including phenoxy) is 1. The van der Waals surface area contributed by atoms with E-state index in [9.17, 15) is 4.79 Å². The minimum atomic E-state index is -0.104. The number of nitrogens with one attached hydrogen (secondary N) is 3. The molecule has 0 bridgehead atoms. The van der Waals surface area contributed by atoms with Gasteiger partial charge in [-0.05, 0) is 47.9 Å². The van der Waals surface area contributed by atoms with Gasteiger partial charge in [-0.15, -0.1) is 0 Å². The van der Waals surface area contributed by atoms with Crippen molar-refractivity contribution in [1.29, 1.82) is 0 Å². The summed E-state index contributed by atoms with van der Waals surface area (Å²) in [5, 5.41) is 9.77. The predicted octanol–water partition coefficient (Wildman–Crippen LogP) is 3.47. The number of rotatable bonds is 7. The Bertz CT molecular complexity index is 952. The van der Waals surface area contributed by atoms with E-state index in [1.54, 1.807) is 0 Å². The zero-order valence-electron chi connectivity index (χ0n) is 16.9. The van der Waals surface area contributed by atoms with Crippen molar-refractivity contribution in [3.63, 3.8) is 0 Å². The number of anilines is 1. The average Bonchev–Trinajstić information content (AvgIpc) is 2.80. The third-order valence-electron chi connectivity index (χ3n) is 5.19. The van der Waals surface area contributed by atoms with E-state index in [1.807, 2.05) is 66.7 Å². The first-order valence-corrected chi connectivity index (χ1v) is 10.4. The van der Waals surface area contributed by atoms with Gasteiger partial charge in [0, 0.05) is 30.9 Å².